The van der Waals surface area contributed by atoms with Gasteiger partial charge in [-0.3, -0.25) is 4.79 Å². The number of rotatable bonds is 5. The lowest BCUT2D eigenvalue weighted by molar-refractivity contribution is 0.103. The Kier molecular flexibility index (Phi) is 4.89. The maximum absolute atomic E-state index is 12.2. The van der Waals surface area contributed by atoms with Gasteiger partial charge in [-0.15, -0.1) is 6.58 Å². The molecule has 1 unspecified atom stereocenters. The molecule has 0 spiro atoms. The fraction of sp³-hybridized carbons (Fsp3) is 0.312. The SMILES string of the molecule is C=CC(/C=C(\C)C(=O)c1cccc(C)c1)CC. The summed E-state index contributed by atoms with van der Waals surface area (Å²) in [7, 11) is 0. The number of carbonyl (C=O) groups excluding carboxylic acids is 1. The maximum Gasteiger partial charge on any atom is 0.188 e. The molecule has 0 aliphatic heterocycles. The number of carbonyl (C=O) groups is 1. The average Bonchev–Trinajstić information content (AvgIpc) is 2.34. The molecule has 1 atom stereocenters. The van der Waals surface area contributed by atoms with Crippen LogP contribution < -0.4 is 0 Å². The lowest BCUT2D eigenvalue weighted by atomic mass is 9.97. The maximum atomic E-state index is 12.2. The first-order chi connectivity index (χ1) is 8.08. The van der Waals surface area contributed by atoms with Crippen molar-refractivity contribution in [3.63, 3.8) is 0 Å². The van der Waals surface area contributed by atoms with Crippen molar-refractivity contribution in [2.24, 2.45) is 5.92 Å². The third-order valence-electron chi connectivity index (χ3n) is 2.88. The normalized spacial score (nSPS) is 13.2. The molecule has 0 amide bonds. The number of benzene rings is 1. The zero-order valence-corrected chi connectivity index (χ0v) is 10.9. The fourth-order valence-electron chi connectivity index (χ4n) is 1.76. The highest BCUT2D eigenvalue weighted by molar-refractivity contribution is 6.08. The smallest absolute Gasteiger partial charge is 0.188 e. The van der Waals surface area contributed by atoms with Crippen LogP contribution in [-0.4, -0.2) is 5.78 Å². The van der Waals surface area contributed by atoms with Crippen LogP contribution in [-0.2, 0) is 0 Å². The topological polar surface area (TPSA) is 17.1 Å². The molecule has 1 heteroatoms. The molecule has 0 heterocycles. The van der Waals surface area contributed by atoms with E-state index in [9.17, 15) is 4.79 Å². The van der Waals surface area contributed by atoms with E-state index >= 15 is 0 Å². The van der Waals surface area contributed by atoms with Crippen molar-refractivity contribution in [1.29, 1.82) is 0 Å². The molecule has 1 aromatic carbocycles. The fourth-order valence-corrected chi connectivity index (χ4v) is 1.76. The lowest BCUT2D eigenvalue weighted by Crippen LogP contribution is -2.03. The Morgan fingerprint density at radius 1 is 1.47 bits per heavy atom. The Labute approximate surface area is 104 Å². The molecule has 0 aliphatic rings. The van der Waals surface area contributed by atoms with Crippen molar-refractivity contribution < 1.29 is 4.79 Å². The van der Waals surface area contributed by atoms with E-state index in [2.05, 4.69) is 13.5 Å². The highest BCUT2D eigenvalue weighted by Crippen LogP contribution is 2.14. The van der Waals surface area contributed by atoms with Crippen molar-refractivity contribution in [3.05, 3.63) is 59.7 Å². The van der Waals surface area contributed by atoms with Crippen LogP contribution in [0.4, 0.5) is 0 Å². The molecule has 17 heavy (non-hydrogen) atoms. The molecule has 0 saturated carbocycles. The Balaban J connectivity index is 2.93. The first kappa shape index (κ1) is 13.4. The van der Waals surface area contributed by atoms with E-state index in [-0.39, 0.29) is 11.7 Å². The minimum Gasteiger partial charge on any atom is -0.289 e. The zero-order chi connectivity index (χ0) is 12.8. The molecule has 0 aliphatic carbocycles. The Bertz CT molecular complexity index is 441. The van der Waals surface area contributed by atoms with Crippen molar-refractivity contribution >= 4 is 5.78 Å². The quantitative estimate of drug-likeness (QED) is 0.416. The summed E-state index contributed by atoms with van der Waals surface area (Å²) in [6.45, 7) is 9.73. The van der Waals surface area contributed by atoms with Crippen LogP contribution in [0, 0.1) is 12.8 Å². The molecule has 0 saturated heterocycles. The number of aryl methyl sites for hydroxylation is 1. The van der Waals surface area contributed by atoms with Crippen LogP contribution in [0.5, 0.6) is 0 Å². The van der Waals surface area contributed by atoms with E-state index in [0.29, 0.717) is 0 Å². The van der Waals surface area contributed by atoms with Crippen molar-refractivity contribution in [3.8, 4) is 0 Å². The van der Waals surface area contributed by atoms with Crippen LogP contribution in [0.25, 0.3) is 0 Å². The highest BCUT2D eigenvalue weighted by atomic mass is 16.1. The van der Waals surface area contributed by atoms with E-state index in [1.807, 2.05) is 50.3 Å². The molecule has 0 N–H and O–H groups in total. The second-order valence-corrected chi connectivity index (χ2v) is 4.36. The number of allylic oxidation sites excluding steroid dienone is 3. The van der Waals surface area contributed by atoms with Crippen LogP contribution in [0.2, 0.25) is 0 Å². The van der Waals surface area contributed by atoms with Gasteiger partial charge in [-0.2, -0.15) is 0 Å². The molecule has 1 rings (SSSR count). The summed E-state index contributed by atoms with van der Waals surface area (Å²) < 4.78 is 0. The number of hydrogen-bond acceptors (Lipinski definition) is 1. The molecule has 90 valence electrons. The van der Waals surface area contributed by atoms with Crippen LogP contribution in [0.15, 0.2) is 48.6 Å². The summed E-state index contributed by atoms with van der Waals surface area (Å²) in [5.41, 5.74) is 2.67. The molecule has 0 aromatic heterocycles. The Hall–Kier alpha value is -1.63. The average molecular weight is 228 g/mol. The molecule has 1 nitrogen and oxygen atoms in total. The van der Waals surface area contributed by atoms with Crippen molar-refractivity contribution in [1.82, 2.24) is 0 Å². The second-order valence-electron chi connectivity index (χ2n) is 4.36. The largest absolute Gasteiger partial charge is 0.289 e. The summed E-state index contributed by atoms with van der Waals surface area (Å²) in [4.78, 5) is 12.2. The lowest BCUT2D eigenvalue weighted by Gasteiger charge is -2.06. The summed E-state index contributed by atoms with van der Waals surface area (Å²) in [6.07, 6.45) is 4.85. The molecule has 0 fully saturated rings. The van der Waals surface area contributed by atoms with Gasteiger partial charge in [-0.1, -0.05) is 42.8 Å². The first-order valence-electron chi connectivity index (χ1n) is 6.00. The van der Waals surface area contributed by atoms with Crippen LogP contribution in [0.1, 0.15) is 36.2 Å². The van der Waals surface area contributed by atoms with E-state index in [1.165, 1.54) is 0 Å². The number of hydrogen-bond donors (Lipinski definition) is 0. The summed E-state index contributed by atoms with van der Waals surface area (Å²) in [6, 6.07) is 7.70. The van der Waals surface area contributed by atoms with Crippen molar-refractivity contribution in [2.75, 3.05) is 0 Å². The molecule has 0 bridgehead atoms. The van der Waals surface area contributed by atoms with Crippen LogP contribution >= 0.6 is 0 Å². The number of Topliss-reactive ketones (excluding diaryl/α,β-unsaturated/α-hetero) is 1. The van der Waals surface area contributed by atoms with Gasteiger partial charge in [0.1, 0.15) is 0 Å². The van der Waals surface area contributed by atoms with Crippen molar-refractivity contribution in [2.45, 2.75) is 27.2 Å². The molecule has 1 aromatic rings. The third kappa shape index (κ3) is 3.70. The first-order valence-corrected chi connectivity index (χ1v) is 6.00. The van der Waals surface area contributed by atoms with Gasteiger partial charge in [-0.25, -0.2) is 0 Å². The zero-order valence-electron chi connectivity index (χ0n) is 10.9. The minimum absolute atomic E-state index is 0.106. The summed E-state index contributed by atoms with van der Waals surface area (Å²) >= 11 is 0. The van der Waals surface area contributed by atoms with Gasteiger partial charge < -0.3 is 0 Å². The van der Waals surface area contributed by atoms with Gasteiger partial charge >= 0.3 is 0 Å². The molecular weight excluding hydrogens is 208 g/mol. The van der Waals surface area contributed by atoms with Gasteiger partial charge in [0.05, 0.1) is 0 Å². The minimum atomic E-state index is 0.106. The van der Waals surface area contributed by atoms with E-state index in [0.717, 1.165) is 23.1 Å². The van der Waals surface area contributed by atoms with Gasteiger partial charge in [-0.05, 0) is 37.8 Å². The predicted octanol–water partition coefficient (Wildman–Crippen LogP) is 4.34. The van der Waals surface area contributed by atoms with Gasteiger partial charge in [0.25, 0.3) is 0 Å². The number of ketones is 1. The Morgan fingerprint density at radius 3 is 2.71 bits per heavy atom. The van der Waals surface area contributed by atoms with Gasteiger partial charge in [0.15, 0.2) is 5.78 Å². The predicted molar refractivity (Wildman–Crippen MR) is 73.2 cm³/mol. The molecular formula is C16H20O. The van der Waals surface area contributed by atoms with E-state index in [1.54, 1.807) is 0 Å². The summed E-state index contributed by atoms with van der Waals surface area (Å²) in [5.74, 6) is 0.387. The third-order valence-corrected chi connectivity index (χ3v) is 2.88. The summed E-state index contributed by atoms with van der Waals surface area (Å²) in [5, 5.41) is 0. The monoisotopic (exact) mass is 228 g/mol. The van der Waals surface area contributed by atoms with Gasteiger partial charge in [0.2, 0.25) is 0 Å². The highest BCUT2D eigenvalue weighted by Gasteiger charge is 2.09. The van der Waals surface area contributed by atoms with Gasteiger partial charge in [0, 0.05) is 5.56 Å². The Morgan fingerprint density at radius 2 is 2.18 bits per heavy atom. The van der Waals surface area contributed by atoms with Crippen LogP contribution in [0.3, 0.4) is 0 Å². The van der Waals surface area contributed by atoms with E-state index < -0.39 is 0 Å². The van der Waals surface area contributed by atoms with E-state index in [4.69, 9.17) is 0 Å². The standard InChI is InChI=1S/C16H20O/c1-5-14(6-2)11-13(4)16(17)15-9-7-8-12(3)10-15/h5,7-11,14H,1,6H2,2-4H3/b13-11+. The molecule has 0 radical (unpaired) electrons. The second kappa shape index (κ2) is 6.19.